The molecule has 0 unspecified atom stereocenters. The van der Waals surface area contributed by atoms with E-state index in [0.29, 0.717) is 11.5 Å². The molecule has 0 spiro atoms. The number of phenols is 1. The SMILES string of the molecule is Cc1ccc(O)c([C@@H](N)[C@@H](O)C2CC2)c1. The zero-order valence-electron chi connectivity index (χ0n) is 8.85. The number of rotatable bonds is 3. The molecule has 1 saturated carbocycles. The molecule has 3 nitrogen and oxygen atoms in total. The van der Waals surface area contributed by atoms with Crippen molar-refractivity contribution in [3.63, 3.8) is 0 Å². The lowest BCUT2D eigenvalue weighted by Crippen LogP contribution is -2.28. The highest BCUT2D eigenvalue weighted by molar-refractivity contribution is 5.38. The molecule has 4 N–H and O–H groups in total. The molecule has 0 saturated heterocycles. The second kappa shape index (κ2) is 3.83. The van der Waals surface area contributed by atoms with Gasteiger partial charge in [-0.25, -0.2) is 0 Å². The van der Waals surface area contributed by atoms with E-state index in [0.717, 1.165) is 18.4 Å². The maximum atomic E-state index is 9.89. The number of nitrogens with two attached hydrogens (primary N) is 1. The molecule has 1 aliphatic carbocycles. The standard InChI is InChI=1S/C12H17NO2/c1-7-2-5-10(14)9(6-7)11(13)12(15)8-3-4-8/h2,5-6,8,11-12,14-15H,3-4,13H2,1H3/t11-,12+/m1/s1. The van der Waals surface area contributed by atoms with Gasteiger partial charge < -0.3 is 15.9 Å². The molecule has 2 rings (SSSR count). The topological polar surface area (TPSA) is 66.5 Å². The third-order valence-electron chi connectivity index (χ3n) is 3.02. The van der Waals surface area contributed by atoms with Crippen LogP contribution >= 0.6 is 0 Å². The monoisotopic (exact) mass is 207 g/mol. The quantitative estimate of drug-likeness (QED) is 0.703. The van der Waals surface area contributed by atoms with Gasteiger partial charge in [-0.1, -0.05) is 17.7 Å². The molecular weight excluding hydrogens is 190 g/mol. The van der Waals surface area contributed by atoms with Crippen LogP contribution in [0, 0.1) is 12.8 Å². The van der Waals surface area contributed by atoms with E-state index >= 15 is 0 Å². The Kier molecular flexibility index (Phi) is 2.67. The van der Waals surface area contributed by atoms with E-state index in [-0.39, 0.29) is 5.75 Å². The van der Waals surface area contributed by atoms with Crippen molar-refractivity contribution in [1.29, 1.82) is 0 Å². The van der Waals surface area contributed by atoms with Gasteiger partial charge in [0.1, 0.15) is 5.75 Å². The predicted molar refractivity (Wildman–Crippen MR) is 58.5 cm³/mol. The number of aliphatic hydroxyl groups excluding tert-OH is 1. The second-order valence-corrected chi connectivity index (χ2v) is 4.42. The van der Waals surface area contributed by atoms with Crippen molar-refractivity contribution < 1.29 is 10.2 Å². The number of phenolic OH excluding ortho intramolecular Hbond substituents is 1. The Morgan fingerprint density at radius 2 is 2.07 bits per heavy atom. The molecule has 1 aliphatic rings. The van der Waals surface area contributed by atoms with E-state index in [1.54, 1.807) is 6.07 Å². The summed E-state index contributed by atoms with van der Waals surface area (Å²) in [4.78, 5) is 0. The number of aromatic hydroxyl groups is 1. The minimum atomic E-state index is -0.530. The number of aliphatic hydroxyl groups is 1. The van der Waals surface area contributed by atoms with Crippen LogP contribution in [0.2, 0.25) is 0 Å². The molecule has 0 radical (unpaired) electrons. The van der Waals surface area contributed by atoms with E-state index in [4.69, 9.17) is 5.73 Å². The van der Waals surface area contributed by atoms with E-state index in [1.807, 2.05) is 19.1 Å². The first-order valence-corrected chi connectivity index (χ1v) is 5.33. The van der Waals surface area contributed by atoms with Crippen molar-refractivity contribution in [2.24, 2.45) is 11.7 Å². The summed E-state index contributed by atoms with van der Waals surface area (Å²) in [6.45, 7) is 1.94. The summed E-state index contributed by atoms with van der Waals surface area (Å²) in [6, 6.07) is 4.82. The van der Waals surface area contributed by atoms with Crippen LogP contribution in [0.25, 0.3) is 0 Å². The molecule has 82 valence electrons. The number of benzene rings is 1. The molecule has 0 aromatic heterocycles. The van der Waals surface area contributed by atoms with Gasteiger partial charge >= 0.3 is 0 Å². The Hall–Kier alpha value is -1.06. The summed E-state index contributed by atoms with van der Waals surface area (Å²) >= 11 is 0. The van der Waals surface area contributed by atoms with E-state index in [9.17, 15) is 10.2 Å². The summed E-state index contributed by atoms with van der Waals surface area (Å²) in [5.74, 6) is 0.493. The van der Waals surface area contributed by atoms with Crippen molar-refractivity contribution in [2.45, 2.75) is 31.9 Å². The minimum Gasteiger partial charge on any atom is -0.508 e. The van der Waals surface area contributed by atoms with Crippen LogP contribution < -0.4 is 5.73 Å². The Balaban J connectivity index is 2.23. The molecule has 1 fully saturated rings. The number of aryl methyl sites for hydroxylation is 1. The summed E-state index contributed by atoms with van der Waals surface area (Å²) < 4.78 is 0. The Bertz CT molecular complexity index is 361. The molecule has 15 heavy (non-hydrogen) atoms. The highest BCUT2D eigenvalue weighted by atomic mass is 16.3. The third kappa shape index (κ3) is 2.13. The minimum absolute atomic E-state index is 0.174. The maximum absolute atomic E-state index is 9.89. The smallest absolute Gasteiger partial charge is 0.120 e. The van der Waals surface area contributed by atoms with Gasteiger partial charge in [0.15, 0.2) is 0 Å². The Morgan fingerprint density at radius 1 is 1.40 bits per heavy atom. The van der Waals surface area contributed by atoms with Crippen LogP contribution in [0.1, 0.15) is 30.0 Å². The molecule has 1 aromatic rings. The first-order chi connectivity index (χ1) is 7.09. The van der Waals surface area contributed by atoms with Gasteiger partial charge in [0, 0.05) is 5.56 Å². The van der Waals surface area contributed by atoms with Crippen LogP contribution in [-0.2, 0) is 0 Å². The van der Waals surface area contributed by atoms with Crippen molar-refractivity contribution in [3.8, 4) is 5.75 Å². The zero-order valence-corrected chi connectivity index (χ0v) is 8.85. The fourth-order valence-electron chi connectivity index (χ4n) is 1.86. The van der Waals surface area contributed by atoms with Gasteiger partial charge in [-0.3, -0.25) is 0 Å². The molecular formula is C12H17NO2. The first-order valence-electron chi connectivity index (χ1n) is 5.33. The van der Waals surface area contributed by atoms with Crippen LogP contribution in [0.3, 0.4) is 0 Å². The van der Waals surface area contributed by atoms with E-state index in [2.05, 4.69) is 0 Å². The predicted octanol–water partition coefficient (Wildman–Crippen LogP) is 1.47. The van der Waals surface area contributed by atoms with Gasteiger partial charge in [0.05, 0.1) is 12.1 Å². The molecule has 0 heterocycles. The Morgan fingerprint density at radius 3 is 2.67 bits per heavy atom. The van der Waals surface area contributed by atoms with Gasteiger partial charge in [-0.2, -0.15) is 0 Å². The number of hydrogen-bond donors (Lipinski definition) is 3. The third-order valence-corrected chi connectivity index (χ3v) is 3.02. The van der Waals surface area contributed by atoms with E-state index in [1.165, 1.54) is 0 Å². The fraction of sp³-hybridized carbons (Fsp3) is 0.500. The molecule has 0 bridgehead atoms. The molecule has 2 atom stereocenters. The highest BCUT2D eigenvalue weighted by Crippen LogP contribution is 2.38. The van der Waals surface area contributed by atoms with Crippen molar-refractivity contribution in [1.82, 2.24) is 0 Å². The maximum Gasteiger partial charge on any atom is 0.120 e. The van der Waals surface area contributed by atoms with Crippen LogP contribution in [0.5, 0.6) is 5.75 Å². The largest absolute Gasteiger partial charge is 0.508 e. The fourth-order valence-corrected chi connectivity index (χ4v) is 1.86. The van der Waals surface area contributed by atoms with Crippen LogP contribution in [-0.4, -0.2) is 16.3 Å². The molecule has 0 aliphatic heterocycles. The summed E-state index contributed by atoms with van der Waals surface area (Å²) in [7, 11) is 0. The van der Waals surface area contributed by atoms with Crippen LogP contribution in [0.15, 0.2) is 18.2 Å². The van der Waals surface area contributed by atoms with Gasteiger partial charge in [0.25, 0.3) is 0 Å². The lowest BCUT2D eigenvalue weighted by Gasteiger charge is -2.20. The van der Waals surface area contributed by atoms with Gasteiger partial charge in [-0.15, -0.1) is 0 Å². The Labute approximate surface area is 89.5 Å². The van der Waals surface area contributed by atoms with Crippen molar-refractivity contribution in [2.75, 3.05) is 0 Å². The van der Waals surface area contributed by atoms with Gasteiger partial charge in [0.2, 0.25) is 0 Å². The lowest BCUT2D eigenvalue weighted by atomic mass is 9.97. The first kappa shape index (κ1) is 10.5. The number of hydrogen-bond acceptors (Lipinski definition) is 3. The average molecular weight is 207 g/mol. The summed E-state index contributed by atoms with van der Waals surface area (Å²) in [5.41, 5.74) is 7.63. The summed E-state index contributed by atoms with van der Waals surface area (Å²) in [5, 5.41) is 19.6. The van der Waals surface area contributed by atoms with Crippen molar-refractivity contribution >= 4 is 0 Å². The molecule has 1 aromatic carbocycles. The van der Waals surface area contributed by atoms with E-state index < -0.39 is 12.1 Å². The second-order valence-electron chi connectivity index (χ2n) is 4.42. The molecule has 0 amide bonds. The van der Waals surface area contributed by atoms with Gasteiger partial charge in [-0.05, 0) is 31.7 Å². The lowest BCUT2D eigenvalue weighted by molar-refractivity contribution is 0.121. The highest BCUT2D eigenvalue weighted by Gasteiger charge is 2.35. The average Bonchev–Trinajstić information content (AvgIpc) is 3.03. The summed E-state index contributed by atoms with van der Waals surface area (Å²) in [6.07, 6.45) is 1.56. The van der Waals surface area contributed by atoms with Crippen molar-refractivity contribution in [3.05, 3.63) is 29.3 Å². The van der Waals surface area contributed by atoms with Crippen LogP contribution in [0.4, 0.5) is 0 Å². The zero-order chi connectivity index (χ0) is 11.0. The molecule has 3 heteroatoms. The normalized spacial score (nSPS) is 19.9.